The second kappa shape index (κ2) is 6.68. The lowest BCUT2D eigenvalue weighted by atomic mass is 9.73. The van der Waals surface area contributed by atoms with Gasteiger partial charge in [0.1, 0.15) is 12.1 Å². The Morgan fingerprint density at radius 2 is 1.96 bits per heavy atom. The minimum absolute atomic E-state index is 0.0776. The van der Waals surface area contributed by atoms with E-state index < -0.39 is 11.6 Å². The molecule has 1 saturated heterocycles. The molecule has 6 heteroatoms. The van der Waals surface area contributed by atoms with Crippen molar-refractivity contribution in [3.63, 3.8) is 0 Å². The fourth-order valence-electron chi connectivity index (χ4n) is 4.31. The highest BCUT2D eigenvalue weighted by Gasteiger charge is 2.55. The van der Waals surface area contributed by atoms with Crippen LogP contribution in [-0.2, 0) is 9.59 Å². The number of nitrogens with one attached hydrogen (secondary N) is 2. The normalized spacial score (nSPS) is 25.1. The van der Waals surface area contributed by atoms with Crippen molar-refractivity contribution in [2.45, 2.75) is 38.1 Å². The highest BCUT2D eigenvalue weighted by Crippen LogP contribution is 2.38. The third kappa shape index (κ3) is 2.95. The average Bonchev–Trinajstić information content (AvgIpc) is 2.89. The Hall–Kier alpha value is -2.89. The van der Waals surface area contributed by atoms with Crippen LogP contribution < -0.4 is 10.6 Å². The summed E-state index contributed by atoms with van der Waals surface area (Å²) in [6.45, 7) is 1.72. The Kier molecular flexibility index (Phi) is 4.34. The van der Waals surface area contributed by atoms with Gasteiger partial charge in [-0.25, -0.2) is 4.79 Å². The number of benzene rings is 2. The molecule has 2 atom stereocenters. The zero-order valence-electron chi connectivity index (χ0n) is 15.3. The number of hydrogen-bond donors (Lipinski definition) is 2. The number of carbonyl (C=O) groups excluding carboxylic acids is 3. The van der Waals surface area contributed by atoms with Gasteiger partial charge in [-0.2, -0.15) is 0 Å². The SMILES string of the molecule is C[C@H]1CCCC[C@]12NC(=O)N(CC(=O)Nc1cccc3ccccc13)C2=O. The van der Waals surface area contributed by atoms with E-state index in [-0.39, 0.29) is 24.3 Å². The van der Waals surface area contributed by atoms with Gasteiger partial charge < -0.3 is 10.6 Å². The summed E-state index contributed by atoms with van der Waals surface area (Å²) in [6, 6.07) is 12.9. The first-order valence-electron chi connectivity index (χ1n) is 9.43. The number of anilines is 1. The maximum absolute atomic E-state index is 13.0. The molecule has 140 valence electrons. The lowest BCUT2D eigenvalue weighted by molar-refractivity contribution is -0.136. The summed E-state index contributed by atoms with van der Waals surface area (Å²) in [6.07, 6.45) is 3.52. The van der Waals surface area contributed by atoms with Gasteiger partial charge in [-0.15, -0.1) is 0 Å². The van der Waals surface area contributed by atoms with Crippen LogP contribution in [0, 0.1) is 5.92 Å². The fraction of sp³-hybridized carbons (Fsp3) is 0.381. The van der Waals surface area contributed by atoms with E-state index in [0.717, 1.165) is 34.9 Å². The number of urea groups is 1. The molecule has 4 rings (SSSR count). The molecule has 1 saturated carbocycles. The quantitative estimate of drug-likeness (QED) is 0.820. The van der Waals surface area contributed by atoms with Crippen molar-refractivity contribution in [1.82, 2.24) is 10.2 Å². The Morgan fingerprint density at radius 1 is 1.19 bits per heavy atom. The standard InChI is InChI=1S/C21H23N3O3/c1-14-7-4-5-12-21(14)19(26)24(20(27)23-21)13-18(25)22-17-11-6-9-15-8-2-3-10-16(15)17/h2-3,6,8-11,14H,4-5,7,12-13H2,1H3,(H,22,25)(H,23,27)/t14-,21-/m0/s1. The molecule has 4 amide bonds. The largest absolute Gasteiger partial charge is 0.325 e. The zero-order chi connectivity index (χ0) is 19.0. The zero-order valence-corrected chi connectivity index (χ0v) is 15.3. The van der Waals surface area contributed by atoms with E-state index in [0.29, 0.717) is 12.1 Å². The van der Waals surface area contributed by atoms with Gasteiger partial charge in [-0.05, 0) is 30.2 Å². The van der Waals surface area contributed by atoms with E-state index >= 15 is 0 Å². The Balaban J connectivity index is 1.51. The summed E-state index contributed by atoms with van der Waals surface area (Å²) in [5.74, 6) is -0.572. The number of nitrogens with zero attached hydrogens (tertiary/aromatic N) is 1. The van der Waals surface area contributed by atoms with Crippen molar-refractivity contribution in [1.29, 1.82) is 0 Å². The number of hydrogen-bond acceptors (Lipinski definition) is 3. The van der Waals surface area contributed by atoms with Crippen molar-refractivity contribution in [2.75, 3.05) is 11.9 Å². The topological polar surface area (TPSA) is 78.5 Å². The monoisotopic (exact) mass is 365 g/mol. The molecule has 2 aromatic carbocycles. The summed E-state index contributed by atoms with van der Waals surface area (Å²) in [7, 11) is 0. The van der Waals surface area contributed by atoms with E-state index in [1.54, 1.807) is 0 Å². The second-order valence-electron chi connectivity index (χ2n) is 7.51. The number of imide groups is 1. The first-order valence-corrected chi connectivity index (χ1v) is 9.43. The van der Waals surface area contributed by atoms with Crippen LogP contribution >= 0.6 is 0 Å². The van der Waals surface area contributed by atoms with Gasteiger partial charge in [0.25, 0.3) is 5.91 Å². The molecular formula is C21H23N3O3. The van der Waals surface area contributed by atoms with Crippen molar-refractivity contribution < 1.29 is 14.4 Å². The molecule has 2 aliphatic rings. The maximum Gasteiger partial charge on any atom is 0.325 e. The lowest BCUT2D eigenvalue weighted by Crippen LogP contribution is -2.54. The van der Waals surface area contributed by atoms with E-state index in [1.807, 2.05) is 49.4 Å². The van der Waals surface area contributed by atoms with Crippen molar-refractivity contribution in [3.8, 4) is 0 Å². The molecule has 0 aromatic heterocycles. The smallest absolute Gasteiger partial charge is 0.324 e. The first kappa shape index (κ1) is 17.5. The summed E-state index contributed by atoms with van der Waals surface area (Å²) in [4.78, 5) is 39.0. The van der Waals surface area contributed by atoms with Gasteiger partial charge >= 0.3 is 6.03 Å². The average molecular weight is 365 g/mol. The summed E-state index contributed by atoms with van der Waals surface area (Å²) in [5.41, 5.74) is -0.166. The van der Waals surface area contributed by atoms with Gasteiger partial charge in [-0.1, -0.05) is 56.2 Å². The lowest BCUT2D eigenvalue weighted by Gasteiger charge is -2.36. The third-order valence-corrected chi connectivity index (χ3v) is 5.87. The summed E-state index contributed by atoms with van der Waals surface area (Å²) in [5, 5.41) is 7.65. The molecule has 0 radical (unpaired) electrons. The summed E-state index contributed by atoms with van der Waals surface area (Å²) >= 11 is 0. The molecular weight excluding hydrogens is 342 g/mol. The number of carbonyl (C=O) groups is 3. The van der Waals surface area contributed by atoms with Gasteiger partial charge in [0.05, 0.1) is 0 Å². The first-order chi connectivity index (χ1) is 13.0. The van der Waals surface area contributed by atoms with E-state index in [2.05, 4.69) is 10.6 Å². The minimum Gasteiger partial charge on any atom is -0.324 e. The predicted octanol–water partition coefficient (Wildman–Crippen LogP) is 3.28. The summed E-state index contributed by atoms with van der Waals surface area (Å²) < 4.78 is 0. The van der Waals surface area contributed by atoms with Gasteiger partial charge in [0, 0.05) is 11.1 Å². The van der Waals surface area contributed by atoms with Crippen LogP contribution in [0.1, 0.15) is 32.6 Å². The van der Waals surface area contributed by atoms with Crippen LogP contribution in [0.15, 0.2) is 42.5 Å². The van der Waals surface area contributed by atoms with Crippen molar-refractivity contribution in [2.24, 2.45) is 5.92 Å². The minimum atomic E-state index is -0.838. The van der Waals surface area contributed by atoms with E-state index in [9.17, 15) is 14.4 Å². The molecule has 1 spiro atoms. The van der Waals surface area contributed by atoms with Crippen LogP contribution in [0.5, 0.6) is 0 Å². The van der Waals surface area contributed by atoms with Crippen LogP contribution in [0.25, 0.3) is 10.8 Å². The van der Waals surface area contributed by atoms with Crippen LogP contribution in [0.2, 0.25) is 0 Å². The third-order valence-electron chi connectivity index (χ3n) is 5.87. The molecule has 2 fully saturated rings. The van der Waals surface area contributed by atoms with Crippen LogP contribution in [0.4, 0.5) is 10.5 Å². The highest BCUT2D eigenvalue weighted by atomic mass is 16.2. The van der Waals surface area contributed by atoms with Crippen LogP contribution in [-0.4, -0.2) is 34.8 Å². The number of fused-ring (bicyclic) bond motifs is 1. The number of amides is 4. The van der Waals surface area contributed by atoms with Gasteiger partial charge in [-0.3, -0.25) is 14.5 Å². The molecule has 1 heterocycles. The molecule has 0 bridgehead atoms. The van der Waals surface area contributed by atoms with Crippen molar-refractivity contribution in [3.05, 3.63) is 42.5 Å². The Labute approximate surface area is 157 Å². The number of rotatable bonds is 3. The Morgan fingerprint density at radius 3 is 2.78 bits per heavy atom. The van der Waals surface area contributed by atoms with Crippen molar-refractivity contribution >= 4 is 34.3 Å². The molecule has 1 aliphatic carbocycles. The van der Waals surface area contributed by atoms with Gasteiger partial charge in [0.15, 0.2) is 0 Å². The Bertz CT molecular complexity index is 921. The van der Waals surface area contributed by atoms with Gasteiger partial charge in [0.2, 0.25) is 5.91 Å². The van der Waals surface area contributed by atoms with Crippen LogP contribution in [0.3, 0.4) is 0 Å². The molecule has 6 nitrogen and oxygen atoms in total. The molecule has 27 heavy (non-hydrogen) atoms. The molecule has 1 aliphatic heterocycles. The maximum atomic E-state index is 13.0. The fourth-order valence-corrected chi connectivity index (χ4v) is 4.31. The van der Waals surface area contributed by atoms with E-state index in [1.165, 1.54) is 0 Å². The highest BCUT2D eigenvalue weighted by molar-refractivity contribution is 6.11. The van der Waals surface area contributed by atoms with E-state index in [4.69, 9.17) is 0 Å². The molecule has 2 aromatic rings. The molecule has 2 N–H and O–H groups in total. The second-order valence-corrected chi connectivity index (χ2v) is 7.51. The molecule has 0 unspecified atom stereocenters. The predicted molar refractivity (Wildman–Crippen MR) is 103 cm³/mol.